The summed E-state index contributed by atoms with van der Waals surface area (Å²) in [4.78, 5) is 24.8. The Morgan fingerprint density at radius 3 is 2.71 bits per heavy atom. The predicted octanol–water partition coefficient (Wildman–Crippen LogP) is 3.26. The number of esters is 1. The second-order valence-electron chi connectivity index (χ2n) is 6.96. The lowest BCUT2D eigenvalue weighted by atomic mass is 9.84. The third kappa shape index (κ3) is 4.53. The number of amides is 1. The van der Waals surface area contributed by atoms with E-state index in [0.717, 1.165) is 16.7 Å². The lowest BCUT2D eigenvalue weighted by molar-refractivity contribution is -0.146. The topological polar surface area (TPSA) is 55.4 Å². The summed E-state index contributed by atoms with van der Waals surface area (Å²) >= 11 is 1.42. The first-order valence-electron chi connectivity index (χ1n) is 8.74. The van der Waals surface area contributed by atoms with E-state index in [-0.39, 0.29) is 30.3 Å². The Kier molecular flexibility index (Phi) is 5.82. The minimum absolute atomic E-state index is 0.171. The van der Waals surface area contributed by atoms with Crippen molar-refractivity contribution in [3.8, 4) is 0 Å². The van der Waals surface area contributed by atoms with Crippen LogP contribution in [0.5, 0.6) is 0 Å². The van der Waals surface area contributed by atoms with Crippen molar-refractivity contribution in [2.45, 2.75) is 43.5 Å². The van der Waals surface area contributed by atoms with Gasteiger partial charge in [0.2, 0.25) is 0 Å². The maximum absolute atomic E-state index is 12.0. The molecule has 0 aliphatic heterocycles. The van der Waals surface area contributed by atoms with Crippen molar-refractivity contribution >= 4 is 23.6 Å². The molecule has 1 amide bonds. The molecule has 0 saturated heterocycles. The first-order chi connectivity index (χ1) is 11.6. The minimum atomic E-state index is -0.355. The van der Waals surface area contributed by atoms with E-state index in [4.69, 9.17) is 4.74 Å². The smallest absolute Gasteiger partial charge is 0.316 e. The standard InChI is InChI=1S/C19H25NO3S/c1-13(17-10-14-7-8-15(17)9-14)20-18(21)11-23-19(22)12-24-16-5-3-2-4-6-16/h2-6,13-15,17H,7-12H2,1H3,(H,20,21). The molecule has 130 valence electrons. The maximum Gasteiger partial charge on any atom is 0.316 e. The van der Waals surface area contributed by atoms with Gasteiger partial charge in [-0.15, -0.1) is 11.8 Å². The van der Waals surface area contributed by atoms with Crippen LogP contribution < -0.4 is 5.32 Å². The normalized spacial score (nSPS) is 26.1. The molecule has 3 rings (SSSR count). The molecular formula is C19H25NO3S. The molecule has 2 aliphatic carbocycles. The molecule has 1 aromatic rings. The first-order valence-corrected chi connectivity index (χ1v) is 9.73. The second kappa shape index (κ2) is 8.06. The Morgan fingerprint density at radius 2 is 2.04 bits per heavy atom. The first kappa shape index (κ1) is 17.3. The zero-order valence-corrected chi connectivity index (χ0v) is 14.9. The van der Waals surface area contributed by atoms with Crippen molar-refractivity contribution in [1.82, 2.24) is 5.32 Å². The van der Waals surface area contributed by atoms with Crippen LogP contribution in [0.4, 0.5) is 0 Å². The molecule has 4 nitrogen and oxygen atoms in total. The average molecular weight is 347 g/mol. The number of rotatable bonds is 7. The number of hydrogen-bond donors (Lipinski definition) is 1. The summed E-state index contributed by atoms with van der Waals surface area (Å²) in [6, 6.07) is 9.86. The average Bonchev–Trinajstić information content (AvgIpc) is 3.22. The summed E-state index contributed by atoms with van der Waals surface area (Å²) < 4.78 is 5.08. The van der Waals surface area contributed by atoms with E-state index < -0.39 is 0 Å². The van der Waals surface area contributed by atoms with Crippen molar-refractivity contribution in [2.75, 3.05) is 12.4 Å². The van der Waals surface area contributed by atoms with E-state index in [0.29, 0.717) is 5.92 Å². The number of ether oxygens (including phenoxy) is 1. The number of hydrogen-bond acceptors (Lipinski definition) is 4. The van der Waals surface area contributed by atoms with Crippen LogP contribution in [0.1, 0.15) is 32.6 Å². The largest absolute Gasteiger partial charge is 0.455 e. The molecule has 1 N–H and O–H groups in total. The van der Waals surface area contributed by atoms with Gasteiger partial charge < -0.3 is 10.1 Å². The van der Waals surface area contributed by atoms with Crippen LogP contribution in [-0.2, 0) is 14.3 Å². The number of thioether (sulfide) groups is 1. The Balaban J connectivity index is 1.34. The zero-order valence-electron chi connectivity index (χ0n) is 14.1. The summed E-state index contributed by atoms with van der Waals surface area (Å²) in [5, 5.41) is 3.01. The van der Waals surface area contributed by atoms with Crippen molar-refractivity contribution < 1.29 is 14.3 Å². The molecular weight excluding hydrogens is 322 g/mol. The van der Waals surface area contributed by atoms with E-state index in [2.05, 4.69) is 12.2 Å². The molecule has 0 heterocycles. The van der Waals surface area contributed by atoms with Gasteiger partial charge in [-0.05, 0) is 56.1 Å². The van der Waals surface area contributed by atoms with Crippen LogP contribution >= 0.6 is 11.8 Å². The molecule has 0 aromatic heterocycles. The van der Waals surface area contributed by atoms with E-state index in [1.54, 1.807) is 0 Å². The van der Waals surface area contributed by atoms with E-state index >= 15 is 0 Å². The lowest BCUT2D eigenvalue weighted by Gasteiger charge is -2.28. The van der Waals surface area contributed by atoms with Crippen molar-refractivity contribution in [1.29, 1.82) is 0 Å². The van der Waals surface area contributed by atoms with Crippen molar-refractivity contribution in [2.24, 2.45) is 17.8 Å². The molecule has 4 unspecified atom stereocenters. The molecule has 2 saturated carbocycles. The van der Waals surface area contributed by atoms with Crippen LogP contribution in [0.25, 0.3) is 0 Å². The van der Waals surface area contributed by atoms with Gasteiger partial charge in [-0.1, -0.05) is 24.6 Å². The fourth-order valence-corrected chi connectivity index (χ4v) is 4.87. The molecule has 1 aromatic carbocycles. The number of benzene rings is 1. The Hall–Kier alpha value is -1.49. The maximum atomic E-state index is 12.0. The van der Waals surface area contributed by atoms with Gasteiger partial charge in [0, 0.05) is 10.9 Å². The van der Waals surface area contributed by atoms with Crippen molar-refractivity contribution in [3.05, 3.63) is 30.3 Å². The second-order valence-corrected chi connectivity index (χ2v) is 8.01. The highest BCUT2D eigenvalue weighted by Gasteiger charge is 2.42. The minimum Gasteiger partial charge on any atom is -0.455 e. The molecule has 0 spiro atoms. The summed E-state index contributed by atoms with van der Waals surface area (Å²) in [6.45, 7) is 1.90. The van der Waals surface area contributed by atoms with Crippen LogP contribution in [0.2, 0.25) is 0 Å². The predicted molar refractivity (Wildman–Crippen MR) is 94.7 cm³/mol. The molecule has 2 aliphatic rings. The van der Waals surface area contributed by atoms with Crippen LogP contribution in [0.15, 0.2) is 35.2 Å². The molecule has 5 heteroatoms. The number of carbonyl (C=O) groups excluding carboxylic acids is 2. The van der Waals surface area contributed by atoms with Gasteiger partial charge in [0.1, 0.15) is 0 Å². The fraction of sp³-hybridized carbons (Fsp3) is 0.579. The number of nitrogens with one attached hydrogen (secondary N) is 1. The Bertz CT molecular complexity index is 577. The molecule has 2 fully saturated rings. The summed E-state index contributed by atoms with van der Waals surface area (Å²) in [5.41, 5.74) is 0. The quantitative estimate of drug-likeness (QED) is 0.608. The van der Waals surface area contributed by atoms with E-state index in [1.165, 1.54) is 37.4 Å². The molecule has 2 bridgehead atoms. The summed E-state index contributed by atoms with van der Waals surface area (Å²) in [5.74, 6) is 1.91. The Morgan fingerprint density at radius 1 is 1.25 bits per heavy atom. The SMILES string of the molecule is CC(NC(=O)COC(=O)CSc1ccccc1)C1CC2CCC1C2. The highest BCUT2D eigenvalue weighted by Crippen LogP contribution is 2.49. The fourth-order valence-electron chi connectivity index (χ4n) is 4.16. The Labute approximate surface area is 147 Å². The lowest BCUT2D eigenvalue weighted by Crippen LogP contribution is -2.42. The highest BCUT2D eigenvalue weighted by atomic mass is 32.2. The van der Waals surface area contributed by atoms with Gasteiger partial charge in [0.25, 0.3) is 5.91 Å². The monoisotopic (exact) mass is 347 g/mol. The van der Waals surface area contributed by atoms with Gasteiger partial charge in [0.15, 0.2) is 6.61 Å². The van der Waals surface area contributed by atoms with Crippen LogP contribution in [-0.4, -0.2) is 30.3 Å². The summed E-state index contributed by atoms with van der Waals surface area (Å²) in [6.07, 6.45) is 5.23. The van der Waals surface area contributed by atoms with Crippen LogP contribution in [0.3, 0.4) is 0 Å². The zero-order chi connectivity index (χ0) is 16.9. The highest BCUT2D eigenvalue weighted by molar-refractivity contribution is 8.00. The van der Waals surface area contributed by atoms with Crippen molar-refractivity contribution in [3.63, 3.8) is 0 Å². The van der Waals surface area contributed by atoms with E-state index in [1.807, 2.05) is 30.3 Å². The molecule has 4 atom stereocenters. The number of carbonyl (C=O) groups is 2. The van der Waals surface area contributed by atoms with Gasteiger partial charge in [-0.3, -0.25) is 9.59 Å². The third-order valence-electron chi connectivity index (χ3n) is 5.29. The van der Waals surface area contributed by atoms with Gasteiger partial charge in [-0.25, -0.2) is 0 Å². The van der Waals surface area contributed by atoms with Gasteiger partial charge in [-0.2, -0.15) is 0 Å². The summed E-state index contributed by atoms with van der Waals surface area (Å²) in [7, 11) is 0. The third-order valence-corrected chi connectivity index (χ3v) is 6.27. The van der Waals surface area contributed by atoms with E-state index in [9.17, 15) is 9.59 Å². The molecule has 24 heavy (non-hydrogen) atoms. The van der Waals surface area contributed by atoms with Crippen LogP contribution in [0, 0.1) is 17.8 Å². The van der Waals surface area contributed by atoms with Gasteiger partial charge in [0.05, 0.1) is 5.75 Å². The van der Waals surface area contributed by atoms with Gasteiger partial charge >= 0.3 is 5.97 Å². The molecule has 0 radical (unpaired) electrons. The number of fused-ring (bicyclic) bond motifs is 2.